The van der Waals surface area contributed by atoms with Crippen molar-refractivity contribution in [2.75, 3.05) is 0 Å². The molecule has 0 amide bonds. The Bertz CT molecular complexity index is 828. The first-order valence-electron chi connectivity index (χ1n) is 7.63. The molecule has 4 nitrogen and oxygen atoms in total. The summed E-state index contributed by atoms with van der Waals surface area (Å²) in [5.41, 5.74) is 2.50. The van der Waals surface area contributed by atoms with E-state index in [1.54, 1.807) is 12.4 Å². The Labute approximate surface area is 142 Å². The van der Waals surface area contributed by atoms with Crippen LogP contribution in [0.3, 0.4) is 0 Å². The van der Waals surface area contributed by atoms with Crippen LogP contribution in [0.5, 0.6) is 0 Å². The van der Waals surface area contributed by atoms with Gasteiger partial charge in [0, 0.05) is 12.4 Å². The van der Waals surface area contributed by atoms with E-state index in [0.29, 0.717) is 0 Å². The zero-order chi connectivity index (χ0) is 16.8. The molecule has 0 spiro atoms. The summed E-state index contributed by atoms with van der Waals surface area (Å²) >= 11 is 0. The molecule has 1 aromatic heterocycles. The minimum atomic E-state index is -3.50. The van der Waals surface area contributed by atoms with Gasteiger partial charge in [0.1, 0.15) is 0 Å². The number of rotatable bonds is 6. The van der Waals surface area contributed by atoms with Crippen molar-refractivity contribution in [2.45, 2.75) is 11.8 Å². The average Bonchev–Trinajstić information content (AvgIpc) is 2.62. The summed E-state index contributed by atoms with van der Waals surface area (Å²) in [7, 11) is -3.50. The minimum absolute atomic E-state index is 0.0533. The molecule has 0 aliphatic heterocycles. The van der Waals surface area contributed by atoms with Crippen molar-refractivity contribution in [3.63, 3.8) is 0 Å². The third kappa shape index (κ3) is 4.28. The summed E-state index contributed by atoms with van der Waals surface area (Å²) in [6, 6.07) is 21.9. The van der Waals surface area contributed by atoms with Crippen LogP contribution in [0, 0.1) is 0 Å². The highest BCUT2D eigenvalue weighted by Gasteiger charge is 2.21. The van der Waals surface area contributed by atoms with Gasteiger partial charge in [0.25, 0.3) is 0 Å². The van der Waals surface area contributed by atoms with Gasteiger partial charge in [0.15, 0.2) is 0 Å². The van der Waals surface area contributed by atoms with Gasteiger partial charge >= 0.3 is 0 Å². The Balaban J connectivity index is 1.89. The van der Waals surface area contributed by atoms with E-state index in [-0.39, 0.29) is 5.75 Å². The minimum Gasteiger partial charge on any atom is -0.265 e. The molecule has 24 heavy (non-hydrogen) atoms. The molecule has 0 bridgehead atoms. The Hall–Kier alpha value is -2.50. The van der Waals surface area contributed by atoms with Crippen molar-refractivity contribution in [3.05, 3.63) is 102 Å². The molecule has 0 saturated carbocycles. The molecule has 1 atom stereocenters. The van der Waals surface area contributed by atoms with E-state index in [2.05, 4.69) is 9.71 Å². The molecule has 0 aliphatic carbocycles. The molecule has 0 fully saturated rings. The highest BCUT2D eigenvalue weighted by atomic mass is 32.2. The smallest absolute Gasteiger partial charge is 0.216 e. The van der Waals surface area contributed by atoms with Gasteiger partial charge < -0.3 is 0 Å². The standard InChI is InChI=1S/C19H18N2O2S/c22-24(23,15-16-7-3-1-4-8-16)21-19(17-9-5-2-6-10-17)18-11-13-20-14-12-18/h1-14,19,21H,15H2/t19-/m0/s1. The number of nitrogens with one attached hydrogen (secondary N) is 1. The highest BCUT2D eigenvalue weighted by molar-refractivity contribution is 7.88. The first-order valence-corrected chi connectivity index (χ1v) is 9.28. The van der Waals surface area contributed by atoms with Crippen LogP contribution in [-0.4, -0.2) is 13.4 Å². The van der Waals surface area contributed by atoms with Gasteiger partial charge in [-0.1, -0.05) is 60.7 Å². The van der Waals surface area contributed by atoms with Crippen molar-refractivity contribution in [3.8, 4) is 0 Å². The lowest BCUT2D eigenvalue weighted by Gasteiger charge is -2.19. The molecule has 3 rings (SSSR count). The van der Waals surface area contributed by atoms with E-state index in [9.17, 15) is 8.42 Å². The number of hydrogen-bond acceptors (Lipinski definition) is 3. The third-order valence-electron chi connectivity index (χ3n) is 3.67. The molecule has 122 valence electrons. The van der Waals surface area contributed by atoms with Gasteiger partial charge in [0.2, 0.25) is 10.0 Å². The lowest BCUT2D eigenvalue weighted by molar-refractivity contribution is 0.571. The Kier molecular flexibility index (Phi) is 5.03. The normalized spacial score (nSPS) is 12.7. The summed E-state index contributed by atoms with van der Waals surface area (Å²) in [6.07, 6.45) is 3.33. The lowest BCUT2D eigenvalue weighted by Crippen LogP contribution is -2.30. The number of sulfonamides is 1. The van der Waals surface area contributed by atoms with Crippen LogP contribution >= 0.6 is 0 Å². The summed E-state index contributed by atoms with van der Waals surface area (Å²) in [5.74, 6) is -0.0533. The Morgan fingerprint density at radius 1 is 0.792 bits per heavy atom. The van der Waals surface area contributed by atoms with Crippen molar-refractivity contribution >= 4 is 10.0 Å². The number of hydrogen-bond donors (Lipinski definition) is 1. The summed E-state index contributed by atoms with van der Waals surface area (Å²) in [4.78, 5) is 4.01. The molecular weight excluding hydrogens is 320 g/mol. The molecule has 5 heteroatoms. The highest BCUT2D eigenvalue weighted by Crippen LogP contribution is 2.23. The molecule has 1 N–H and O–H groups in total. The summed E-state index contributed by atoms with van der Waals surface area (Å²) in [5, 5.41) is 0. The van der Waals surface area contributed by atoms with Crippen molar-refractivity contribution < 1.29 is 8.42 Å². The zero-order valence-electron chi connectivity index (χ0n) is 13.0. The monoisotopic (exact) mass is 338 g/mol. The van der Waals surface area contributed by atoms with E-state index in [0.717, 1.165) is 16.7 Å². The predicted molar refractivity (Wildman–Crippen MR) is 94.7 cm³/mol. The Morgan fingerprint density at radius 2 is 1.33 bits per heavy atom. The maximum Gasteiger partial charge on any atom is 0.216 e. The first kappa shape index (κ1) is 16.4. The van der Waals surface area contributed by atoms with E-state index in [4.69, 9.17) is 0 Å². The van der Waals surface area contributed by atoms with Gasteiger partial charge in [-0.3, -0.25) is 4.98 Å². The predicted octanol–water partition coefficient (Wildman–Crippen LogP) is 3.29. The fourth-order valence-corrected chi connectivity index (χ4v) is 3.89. The number of pyridine rings is 1. The average molecular weight is 338 g/mol. The van der Waals surface area contributed by atoms with Gasteiger partial charge in [-0.05, 0) is 28.8 Å². The number of aromatic nitrogens is 1. The van der Waals surface area contributed by atoms with Crippen LogP contribution in [-0.2, 0) is 15.8 Å². The van der Waals surface area contributed by atoms with Gasteiger partial charge in [0.05, 0.1) is 11.8 Å². The topological polar surface area (TPSA) is 59.1 Å². The third-order valence-corrected chi connectivity index (χ3v) is 4.98. The van der Waals surface area contributed by atoms with Crippen LogP contribution in [0.25, 0.3) is 0 Å². The van der Waals surface area contributed by atoms with Gasteiger partial charge in [-0.15, -0.1) is 0 Å². The van der Waals surface area contributed by atoms with Gasteiger partial charge in [-0.25, -0.2) is 13.1 Å². The molecule has 0 aliphatic rings. The van der Waals surface area contributed by atoms with Crippen LogP contribution in [0.4, 0.5) is 0 Å². The second-order valence-electron chi connectivity index (χ2n) is 5.49. The quantitative estimate of drug-likeness (QED) is 0.750. The molecule has 1 heterocycles. The second-order valence-corrected chi connectivity index (χ2v) is 7.24. The first-order chi connectivity index (χ1) is 11.6. The molecule has 2 aromatic carbocycles. The van der Waals surface area contributed by atoms with Crippen LogP contribution in [0.1, 0.15) is 22.7 Å². The van der Waals surface area contributed by atoms with Crippen LogP contribution in [0.15, 0.2) is 85.2 Å². The van der Waals surface area contributed by atoms with Crippen LogP contribution < -0.4 is 4.72 Å². The number of nitrogens with zero attached hydrogens (tertiary/aromatic N) is 1. The molecule has 3 aromatic rings. The maximum atomic E-state index is 12.6. The van der Waals surface area contributed by atoms with Crippen LogP contribution in [0.2, 0.25) is 0 Å². The van der Waals surface area contributed by atoms with Crippen molar-refractivity contribution in [2.24, 2.45) is 0 Å². The van der Waals surface area contributed by atoms with Crippen molar-refractivity contribution in [1.29, 1.82) is 0 Å². The zero-order valence-corrected chi connectivity index (χ0v) is 13.9. The van der Waals surface area contributed by atoms with E-state index in [1.165, 1.54) is 0 Å². The SMILES string of the molecule is O=S(=O)(Cc1ccccc1)N[C@@H](c1ccccc1)c1ccncc1. The molecule has 0 unspecified atom stereocenters. The summed E-state index contributed by atoms with van der Waals surface area (Å²) in [6.45, 7) is 0. The fraction of sp³-hybridized carbons (Fsp3) is 0.105. The number of benzene rings is 2. The maximum absolute atomic E-state index is 12.6. The van der Waals surface area contributed by atoms with E-state index in [1.807, 2.05) is 72.8 Å². The van der Waals surface area contributed by atoms with E-state index >= 15 is 0 Å². The van der Waals surface area contributed by atoms with Gasteiger partial charge in [-0.2, -0.15) is 0 Å². The molecular formula is C19H18N2O2S. The molecule has 0 radical (unpaired) electrons. The lowest BCUT2D eigenvalue weighted by atomic mass is 10.0. The Morgan fingerprint density at radius 3 is 1.96 bits per heavy atom. The fourth-order valence-electron chi connectivity index (χ4n) is 2.54. The van der Waals surface area contributed by atoms with E-state index < -0.39 is 16.1 Å². The van der Waals surface area contributed by atoms with Crippen molar-refractivity contribution in [1.82, 2.24) is 9.71 Å². The molecule has 0 saturated heterocycles. The largest absolute Gasteiger partial charge is 0.265 e. The second kappa shape index (κ2) is 7.38. The summed E-state index contributed by atoms with van der Waals surface area (Å²) < 4.78 is 28.1.